The van der Waals surface area contributed by atoms with Crippen molar-refractivity contribution in [1.29, 1.82) is 0 Å². The second-order valence-electron chi connectivity index (χ2n) is 2.99. The van der Waals surface area contributed by atoms with Crippen LogP contribution in [0.1, 0.15) is 0 Å². The van der Waals surface area contributed by atoms with Gasteiger partial charge in [-0.1, -0.05) is 18.2 Å². The van der Waals surface area contributed by atoms with Crippen LogP contribution in [-0.4, -0.2) is 16.1 Å². The zero-order valence-electron chi connectivity index (χ0n) is 7.82. The summed E-state index contributed by atoms with van der Waals surface area (Å²) >= 11 is 0. The minimum absolute atomic E-state index is 0.972. The molecule has 2 nitrogen and oxygen atoms in total. The number of hydrogen-bond acceptors (Lipinski definition) is 2. The highest BCUT2D eigenvalue weighted by atomic mass is 28.3. The molecule has 0 radical (unpaired) electrons. The van der Waals surface area contributed by atoms with E-state index in [9.17, 15) is 0 Å². The maximum Gasteiger partial charge on any atom is 0.208 e. The minimum atomic E-state index is -0.972. The van der Waals surface area contributed by atoms with Gasteiger partial charge in [-0.2, -0.15) is 0 Å². The second-order valence-corrected chi connectivity index (χ2v) is 5.30. The summed E-state index contributed by atoms with van der Waals surface area (Å²) in [6.45, 7) is 4.30. The first-order valence-electron chi connectivity index (χ1n) is 4.15. The molecule has 0 heterocycles. The Morgan fingerprint density at radius 2 is 1.75 bits per heavy atom. The Hall–Kier alpha value is -0.803. The molecule has 0 aliphatic heterocycles. The van der Waals surface area contributed by atoms with Crippen LogP contribution in [0, 0.1) is 0 Å². The standard InChI is InChI=1S/C9H15NOSi/c1-10(11-12(2)3)9-7-5-4-6-8-9/h4-8,12H,1-3H3. The number of anilines is 1. The fourth-order valence-corrected chi connectivity index (χ4v) is 1.77. The minimum Gasteiger partial charge on any atom is -0.324 e. The molecular formula is C9H15NOSi. The van der Waals surface area contributed by atoms with E-state index in [-0.39, 0.29) is 0 Å². The molecule has 0 spiro atoms. The summed E-state index contributed by atoms with van der Waals surface area (Å²) in [4.78, 5) is 0. The number of nitrogens with zero attached hydrogens (tertiary/aromatic N) is 1. The monoisotopic (exact) mass is 181 g/mol. The summed E-state index contributed by atoms with van der Waals surface area (Å²) in [5, 5.41) is 1.84. The van der Waals surface area contributed by atoms with Crippen molar-refractivity contribution in [2.24, 2.45) is 0 Å². The lowest BCUT2D eigenvalue weighted by Gasteiger charge is -2.21. The van der Waals surface area contributed by atoms with Crippen molar-refractivity contribution in [2.45, 2.75) is 13.1 Å². The Bertz CT molecular complexity index is 225. The first-order chi connectivity index (χ1) is 5.70. The third-order valence-electron chi connectivity index (χ3n) is 1.49. The van der Waals surface area contributed by atoms with Gasteiger partial charge < -0.3 is 4.53 Å². The van der Waals surface area contributed by atoms with Gasteiger partial charge >= 0.3 is 0 Å². The molecule has 0 N–H and O–H groups in total. The fourth-order valence-electron chi connectivity index (χ4n) is 1.02. The van der Waals surface area contributed by atoms with E-state index in [0.29, 0.717) is 0 Å². The van der Waals surface area contributed by atoms with Gasteiger partial charge in [0.1, 0.15) is 0 Å². The molecule has 0 aliphatic rings. The fraction of sp³-hybridized carbons (Fsp3) is 0.333. The maximum atomic E-state index is 5.61. The van der Waals surface area contributed by atoms with Crippen molar-refractivity contribution in [3.05, 3.63) is 30.3 Å². The number of para-hydroxylation sites is 1. The van der Waals surface area contributed by atoms with Gasteiger partial charge in [0.15, 0.2) is 0 Å². The van der Waals surface area contributed by atoms with Gasteiger partial charge in [0.05, 0.1) is 5.69 Å². The molecular weight excluding hydrogens is 166 g/mol. The van der Waals surface area contributed by atoms with Gasteiger partial charge in [-0.3, -0.25) is 5.06 Å². The largest absolute Gasteiger partial charge is 0.324 e. The summed E-state index contributed by atoms with van der Waals surface area (Å²) in [7, 11) is 0.975. The summed E-state index contributed by atoms with van der Waals surface area (Å²) < 4.78 is 5.61. The molecule has 3 heteroatoms. The third kappa shape index (κ3) is 2.68. The molecule has 66 valence electrons. The lowest BCUT2D eigenvalue weighted by atomic mass is 10.3. The Morgan fingerprint density at radius 3 is 2.25 bits per heavy atom. The van der Waals surface area contributed by atoms with E-state index >= 15 is 0 Å². The molecule has 1 rings (SSSR count). The molecule has 0 amide bonds. The van der Waals surface area contributed by atoms with E-state index < -0.39 is 9.04 Å². The number of hydrogen-bond donors (Lipinski definition) is 0. The molecule has 0 saturated heterocycles. The predicted molar refractivity (Wildman–Crippen MR) is 54.8 cm³/mol. The average Bonchev–Trinajstić information content (AvgIpc) is 2.05. The van der Waals surface area contributed by atoms with Gasteiger partial charge in [-0.15, -0.1) is 0 Å². The molecule has 0 saturated carbocycles. The Balaban J connectivity index is 2.59. The molecule has 0 unspecified atom stereocenters. The zero-order valence-corrected chi connectivity index (χ0v) is 8.97. The number of benzene rings is 1. The molecule has 0 fully saturated rings. The first kappa shape index (κ1) is 9.29. The summed E-state index contributed by atoms with van der Waals surface area (Å²) in [5.41, 5.74) is 1.11. The van der Waals surface area contributed by atoms with Crippen LogP contribution in [0.5, 0.6) is 0 Å². The number of rotatable bonds is 3. The molecule has 0 aromatic heterocycles. The van der Waals surface area contributed by atoms with Crippen molar-refractivity contribution in [1.82, 2.24) is 0 Å². The van der Waals surface area contributed by atoms with Crippen LogP contribution < -0.4 is 5.06 Å². The zero-order chi connectivity index (χ0) is 8.97. The van der Waals surface area contributed by atoms with E-state index in [2.05, 4.69) is 13.1 Å². The van der Waals surface area contributed by atoms with E-state index in [0.717, 1.165) is 5.69 Å². The second kappa shape index (κ2) is 4.28. The van der Waals surface area contributed by atoms with E-state index in [1.54, 1.807) is 0 Å². The summed E-state index contributed by atoms with van der Waals surface area (Å²) in [6.07, 6.45) is 0. The van der Waals surface area contributed by atoms with Crippen molar-refractivity contribution >= 4 is 14.7 Å². The summed E-state index contributed by atoms with van der Waals surface area (Å²) in [6, 6.07) is 10.1. The Labute approximate surface area is 75.5 Å². The van der Waals surface area contributed by atoms with E-state index in [1.165, 1.54) is 0 Å². The lowest BCUT2D eigenvalue weighted by molar-refractivity contribution is 0.311. The van der Waals surface area contributed by atoms with Crippen LogP contribution in [0.15, 0.2) is 30.3 Å². The smallest absolute Gasteiger partial charge is 0.208 e. The normalized spacial score (nSPS) is 10.3. The molecule has 1 aromatic carbocycles. The highest BCUT2D eigenvalue weighted by Crippen LogP contribution is 2.11. The Kier molecular flexibility index (Phi) is 3.31. The van der Waals surface area contributed by atoms with Crippen molar-refractivity contribution in [3.8, 4) is 0 Å². The van der Waals surface area contributed by atoms with Crippen LogP contribution in [0.2, 0.25) is 13.1 Å². The van der Waals surface area contributed by atoms with E-state index in [4.69, 9.17) is 4.53 Å². The topological polar surface area (TPSA) is 12.5 Å². The van der Waals surface area contributed by atoms with Crippen LogP contribution >= 0.6 is 0 Å². The highest BCUT2D eigenvalue weighted by molar-refractivity contribution is 6.48. The van der Waals surface area contributed by atoms with Crippen molar-refractivity contribution in [3.63, 3.8) is 0 Å². The van der Waals surface area contributed by atoms with Gasteiger partial charge in [-0.05, 0) is 25.2 Å². The van der Waals surface area contributed by atoms with Gasteiger partial charge in [0, 0.05) is 7.05 Å². The highest BCUT2D eigenvalue weighted by Gasteiger charge is 2.02. The quantitative estimate of drug-likeness (QED) is 0.522. The average molecular weight is 181 g/mol. The van der Waals surface area contributed by atoms with Crippen LogP contribution in [0.3, 0.4) is 0 Å². The molecule has 0 aliphatic carbocycles. The molecule has 1 aromatic rings. The first-order valence-corrected chi connectivity index (χ1v) is 6.94. The van der Waals surface area contributed by atoms with Gasteiger partial charge in [-0.25, -0.2) is 0 Å². The summed E-state index contributed by atoms with van der Waals surface area (Å²) in [5.74, 6) is 0. The lowest BCUT2D eigenvalue weighted by Crippen LogP contribution is -2.24. The molecule has 12 heavy (non-hydrogen) atoms. The van der Waals surface area contributed by atoms with Gasteiger partial charge in [0.25, 0.3) is 0 Å². The maximum absolute atomic E-state index is 5.61. The molecule has 0 bridgehead atoms. The van der Waals surface area contributed by atoms with Crippen LogP contribution in [0.4, 0.5) is 5.69 Å². The SMILES string of the molecule is CN(O[SiH](C)C)c1ccccc1. The Morgan fingerprint density at radius 1 is 1.17 bits per heavy atom. The third-order valence-corrected chi connectivity index (χ3v) is 2.23. The number of hydroxylamine groups is 1. The van der Waals surface area contributed by atoms with Gasteiger partial charge in [0.2, 0.25) is 9.04 Å². The van der Waals surface area contributed by atoms with Crippen LogP contribution in [-0.2, 0) is 4.53 Å². The van der Waals surface area contributed by atoms with E-state index in [1.807, 2.05) is 42.4 Å². The predicted octanol–water partition coefficient (Wildman–Crippen LogP) is 2.04. The van der Waals surface area contributed by atoms with Crippen molar-refractivity contribution < 1.29 is 4.53 Å². The van der Waals surface area contributed by atoms with Crippen LogP contribution in [0.25, 0.3) is 0 Å². The van der Waals surface area contributed by atoms with Crippen molar-refractivity contribution in [2.75, 3.05) is 12.1 Å². The molecule has 0 atom stereocenters.